The van der Waals surface area contributed by atoms with Gasteiger partial charge in [-0.15, -0.1) is 0 Å². The van der Waals surface area contributed by atoms with Crippen molar-refractivity contribution in [3.8, 4) is 0 Å². The van der Waals surface area contributed by atoms with E-state index in [-0.39, 0.29) is 102 Å². The summed E-state index contributed by atoms with van der Waals surface area (Å²) < 4.78 is 35.8. The van der Waals surface area contributed by atoms with Crippen LogP contribution in [0.15, 0.2) is 60.7 Å². The molecule has 3 saturated heterocycles. The van der Waals surface area contributed by atoms with Crippen molar-refractivity contribution in [2.45, 2.75) is 290 Å². The van der Waals surface area contributed by atoms with Gasteiger partial charge in [0.15, 0.2) is 6.29 Å². The average molecular weight is 1600 g/mol. The molecule has 29 nitrogen and oxygen atoms in total. The van der Waals surface area contributed by atoms with Crippen LogP contribution >= 0.6 is 0 Å². The van der Waals surface area contributed by atoms with Crippen LogP contribution in [0.3, 0.4) is 0 Å². The summed E-state index contributed by atoms with van der Waals surface area (Å²) in [7, 11) is 13.0. The summed E-state index contributed by atoms with van der Waals surface area (Å²) in [4.78, 5) is 118. The molecular weight excluding hydrogens is 1450 g/mol. The monoisotopic (exact) mass is 1600 g/mol. The number of methoxy groups -OCH3 is 4. The van der Waals surface area contributed by atoms with E-state index in [0.717, 1.165) is 12.8 Å². The highest BCUT2D eigenvalue weighted by Crippen LogP contribution is 2.35. The highest BCUT2D eigenvalue weighted by molar-refractivity contribution is 5.91. The van der Waals surface area contributed by atoms with E-state index in [2.05, 4.69) is 31.9 Å². The smallest absolute Gasteiger partial charge is 0.245 e. The molecule has 2 aromatic rings. The summed E-state index contributed by atoms with van der Waals surface area (Å²) >= 11 is 0. The predicted octanol–water partition coefficient (Wildman–Crippen LogP) is 4.88. The molecule has 25 unspecified atom stereocenters. The number of benzene rings is 2. The lowest BCUT2D eigenvalue weighted by atomic mass is 9.89. The first-order valence-electron chi connectivity index (χ1n) is 40.9. The molecule has 3 heterocycles. The summed E-state index contributed by atoms with van der Waals surface area (Å²) in [6, 6.07) is 12.7. The van der Waals surface area contributed by atoms with Crippen LogP contribution < -0.4 is 31.9 Å². The number of hydrogen-bond acceptors (Lipinski definition) is 21. The van der Waals surface area contributed by atoms with Crippen molar-refractivity contribution in [3.63, 3.8) is 0 Å². The average Bonchev–Trinajstić information content (AvgIpc) is 1.79. The maximum absolute atomic E-state index is 14.4. The van der Waals surface area contributed by atoms with Gasteiger partial charge in [0.05, 0.1) is 110 Å². The van der Waals surface area contributed by atoms with Crippen LogP contribution in [0.5, 0.6) is 0 Å². The minimum Gasteiger partial charge on any atom is -0.394 e. The van der Waals surface area contributed by atoms with Gasteiger partial charge in [0.1, 0.15) is 42.6 Å². The molecule has 8 amide bonds. The number of amides is 8. The van der Waals surface area contributed by atoms with E-state index in [0.29, 0.717) is 49.9 Å². The van der Waals surface area contributed by atoms with Gasteiger partial charge < -0.3 is 105 Å². The number of carbonyl (C=O) groups excluding carboxylic acids is 8. The summed E-state index contributed by atoms with van der Waals surface area (Å²) in [5.74, 6) is -3.76. The zero-order valence-corrected chi connectivity index (χ0v) is 72.0. The van der Waals surface area contributed by atoms with Crippen molar-refractivity contribution in [1.82, 2.24) is 51.5 Å². The minimum atomic E-state index is -1.65. The fourth-order valence-corrected chi connectivity index (χ4v) is 16.4. The Balaban J connectivity index is 0.000000486. The van der Waals surface area contributed by atoms with Crippen LogP contribution in [-0.2, 0) is 66.8 Å². The fraction of sp³-hybridized carbons (Fsp3) is 0.762. The van der Waals surface area contributed by atoms with Gasteiger partial charge in [0.25, 0.3) is 0 Å². The molecule has 644 valence electrons. The maximum Gasteiger partial charge on any atom is 0.245 e. The Bertz CT molecular complexity index is 3210. The van der Waals surface area contributed by atoms with Crippen molar-refractivity contribution in [2.24, 2.45) is 47.3 Å². The number of likely N-dealkylation sites (N-methyl/N-ethyl adjacent to an activating group) is 4. The molecule has 0 radical (unpaired) electrons. The molecule has 5 rings (SSSR count). The summed E-state index contributed by atoms with van der Waals surface area (Å²) in [6.07, 6.45) is -7.66. The van der Waals surface area contributed by atoms with Crippen LogP contribution in [0.25, 0.3) is 0 Å². The largest absolute Gasteiger partial charge is 0.394 e. The van der Waals surface area contributed by atoms with Crippen LogP contribution in [0.1, 0.15) is 185 Å². The Kier molecular flexibility index (Phi) is 41.9. The molecular formula is C84H144N10O19. The van der Waals surface area contributed by atoms with E-state index in [1.807, 2.05) is 119 Å². The third kappa shape index (κ3) is 26.3. The summed E-state index contributed by atoms with van der Waals surface area (Å²) in [5.41, 5.74) is 1.34. The zero-order valence-electron chi connectivity index (χ0n) is 72.0. The Morgan fingerprint density at radius 3 is 1.21 bits per heavy atom. The van der Waals surface area contributed by atoms with Gasteiger partial charge in [0, 0.05) is 55.6 Å². The number of aliphatic hydroxyl groups is 5. The van der Waals surface area contributed by atoms with Crippen molar-refractivity contribution in [2.75, 3.05) is 76.3 Å². The van der Waals surface area contributed by atoms with Crippen LogP contribution in [0.4, 0.5) is 0 Å². The van der Waals surface area contributed by atoms with Crippen LogP contribution in [0, 0.1) is 47.3 Å². The first kappa shape index (κ1) is 99.0. The molecule has 11 N–H and O–H groups in total. The zero-order chi connectivity index (χ0) is 85.2. The van der Waals surface area contributed by atoms with Crippen molar-refractivity contribution >= 4 is 47.3 Å². The number of carbonyl (C=O) groups is 8. The highest BCUT2D eigenvalue weighted by atomic mass is 16.7. The van der Waals surface area contributed by atoms with Gasteiger partial charge in [-0.2, -0.15) is 0 Å². The molecule has 0 saturated carbocycles. The lowest BCUT2D eigenvalue weighted by Gasteiger charge is -2.42. The number of nitrogens with zero attached hydrogens (tertiary/aromatic N) is 4. The molecule has 0 bridgehead atoms. The Morgan fingerprint density at radius 1 is 0.504 bits per heavy atom. The first-order valence-corrected chi connectivity index (χ1v) is 40.9. The number of ether oxygens (including phenoxy) is 6. The van der Waals surface area contributed by atoms with E-state index < -0.39 is 140 Å². The summed E-state index contributed by atoms with van der Waals surface area (Å²) in [6.45, 7) is 30.8. The van der Waals surface area contributed by atoms with Crippen LogP contribution in [0.2, 0.25) is 0 Å². The number of likely N-dealkylation sites (tertiary alicyclic amines) is 2. The van der Waals surface area contributed by atoms with Gasteiger partial charge in [-0.3, -0.25) is 38.4 Å². The normalized spacial score (nSPS) is 23.5. The molecule has 0 aromatic heterocycles. The SMILES string of the molecule is CCC(C)C(C(CC(=O)N1CCCC1C(OC)C(C)C(=O)NC(C)C(O)c1ccccc1)OC)N(C)C(=O)C(NC(=O)C(NC)C(C)C)C(C)C.CCC(C)C(C(CC(=O)N1CCCC1C(OC)C(C)C(=O)NC(C)C(OC1OC(CO)C(O)C(O)C1O)c1ccccc1)OC)N(C)C(=O)C(NC(=O)C(NC)C(C)C)C(C)C. The Morgan fingerprint density at radius 2 is 0.876 bits per heavy atom. The van der Waals surface area contributed by atoms with Gasteiger partial charge in [0.2, 0.25) is 47.3 Å². The molecule has 29 heteroatoms. The number of hydrogen-bond donors (Lipinski definition) is 11. The van der Waals surface area contributed by atoms with Crippen molar-refractivity contribution in [1.29, 1.82) is 0 Å². The Labute approximate surface area is 673 Å². The van der Waals surface area contributed by atoms with Crippen LogP contribution in [-0.4, -0.2) is 284 Å². The molecule has 3 aliphatic heterocycles. The first-order chi connectivity index (χ1) is 53.3. The maximum atomic E-state index is 14.4. The summed E-state index contributed by atoms with van der Waals surface area (Å²) in [5, 5.41) is 70.0. The van der Waals surface area contributed by atoms with Gasteiger partial charge >= 0.3 is 0 Å². The predicted molar refractivity (Wildman–Crippen MR) is 432 cm³/mol. The molecule has 0 spiro atoms. The minimum absolute atomic E-state index is 0.00479. The third-order valence-electron chi connectivity index (χ3n) is 23.6. The van der Waals surface area contributed by atoms with Gasteiger partial charge in [-0.1, -0.05) is 170 Å². The highest BCUT2D eigenvalue weighted by Gasteiger charge is 2.49. The van der Waals surface area contributed by atoms with E-state index in [1.165, 1.54) is 14.2 Å². The molecule has 113 heavy (non-hydrogen) atoms. The second-order valence-electron chi connectivity index (χ2n) is 32.8. The number of rotatable bonds is 43. The second-order valence-corrected chi connectivity index (χ2v) is 32.8. The number of aliphatic hydroxyl groups excluding tert-OH is 5. The quantitative estimate of drug-likeness (QED) is 0.0421. The molecule has 3 aliphatic rings. The Hall–Kier alpha value is -6.32. The van der Waals surface area contributed by atoms with E-state index in [1.54, 1.807) is 114 Å². The topological polar surface area (TPSA) is 378 Å². The molecule has 3 fully saturated rings. The van der Waals surface area contributed by atoms with E-state index in [9.17, 15) is 63.9 Å². The van der Waals surface area contributed by atoms with Gasteiger partial charge in [-0.05, 0) is 100 Å². The molecule has 25 atom stereocenters. The van der Waals surface area contributed by atoms with Crippen molar-refractivity contribution < 1.29 is 92.3 Å². The lowest BCUT2D eigenvalue weighted by Crippen LogP contribution is -2.60. The van der Waals surface area contributed by atoms with Crippen molar-refractivity contribution in [3.05, 3.63) is 71.8 Å². The number of nitrogens with one attached hydrogen (secondary N) is 6. The second kappa shape index (κ2) is 47.8. The van der Waals surface area contributed by atoms with Gasteiger partial charge in [-0.25, -0.2) is 0 Å². The molecule has 0 aliphatic carbocycles. The van der Waals surface area contributed by atoms with E-state index >= 15 is 0 Å². The third-order valence-corrected chi connectivity index (χ3v) is 23.6. The molecule has 2 aromatic carbocycles. The van der Waals surface area contributed by atoms with E-state index in [4.69, 9.17) is 28.4 Å². The fourth-order valence-electron chi connectivity index (χ4n) is 16.4. The standard InChI is InChI=1S/C45H77N5O12.C39H67N5O7/c1-13-26(6)36(49(10)44(58)35(25(4)5)48-43(57)34(46-9)24(2)3)31(59-11)22-33(52)50-21-17-20-30(50)40(60-12)27(7)42(56)47-28(8)41(29-18-15-14-16-19-29)62-45-39(55)38(54)37(53)32(23-51)61-45;1-13-25(6)34(43(10)39(49)33(24(4)5)42-38(48)32(40-9)23(2)3)30(50-11)22-31(45)44-21-17-20-29(44)36(51-12)26(7)37(47)41-27(8)35(46)28-18-15-14-16-19-28/h14-16,18-19,24-28,30-32,34-41,45-46,51,53-55H,13,17,20-23H2,1-12H3,(H,47,56)(H,48,57);14-16,18-19,23-27,29-30,32-36,40,46H,13,17,20-22H2,1-12H3,(H,41,47)(H,42,48). The lowest BCUT2D eigenvalue weighted by molar-refractivity contribution is -0.314.